The Hall–Kier alpha value is -3.59. The van der Waals surface area contributed by atoms with Crippen molar-refractivity contribution in [1.29, 1.82) is 5.26 Å². The molecule has 0 atom stereocenters. The summed E-state index contributed by atoms with van der Waals surface area (Å²) in [5, 5.41) is 28.4. The van der Waals surface area contributed by atoms with Gasteiger partial charge >= 0.3 is 0 Å². The molecule has 146 valence electrons. The van der Waals surface area contributed by atoms with Gasteiger partial charge in [0.05, 0.1) is 0 Å². The van der Waals surface area contributed by atoms with Gasteiger partial charge in [0.1, 0.15) is 29.8 Å². The molecule has 0 radical (unpaired) electrons. The lowest BCUT2D eigenvalue weighted by atomic mass is 10.1. The van der Waals surface area contributed by atoms with Crippen LogP contribution in [0.25, 0.3) is 16.7 Å². The van der Waals surface area contributed by atoms with Gasteiger partial charge in [-0.3, -0.25) is 0 Å². The lowest BCUT2D eigenvalue weighted by Gasteiger charge is -2.10. The third-order valence-electron chi connectivity index (χ3n) is 5.07. The van der Waals surface area contributed by atoms with Gasteiger partial charge in [0, 0.05) is 13.0 Å². The number of nitriles is 1. The van der Waals surface area contributed by atoms with E-state index in [0.717, 1.165) is 49.2 Å². The maximum Gasteiger partial charge on any atom is 0.178 e. The maximum atomic E-state index is 10.5. The summed E-state index contributed by atoms with van der Waals surface area (Å²) in [6.45, 7) is 0.660. The molecule has 0 fully saturated rings. The zero-order valence-corrected chi connectivity index (χ0v) is 16.1. The average Bonchev–Trinajstić information content (AvgIpc) is 3.01. The highest BCUT2D eigenvalue weighted by Crippen LogP contribution is 2.24. The Labute approximate surface area is 169 Å². The number of ether oxygens (including phenoxy) is 1. The zero-order chi connectivity index (χ0) is 20.1. The number of hydrogen-bond donors (Lipinski definition) is 1. The van der Waals surface area contributed by atoms with Crippen molar-refractivity contribution in [3.63, 3.8) is 0 Å². The van der Waals surface area contributed by atoms with Crippen molar-refractivity contribution in [3.05, 3.63) is 72.0 Å². The normalized spacial score (nSPS) is 14.3. The van der Waals surface area contributed by atoms with Gasteiger partial charge in [-0.2, -0.15) is 5.26 Å². The third-order valence-corrected chi connectivity index (χ3v) is 5.07. The number of aliphatic hydroxyl groups is 1. The van der Waals surface area contributed by atoms with E-state index in [1.54, 1.807) is 0 Å². The molecule has 1 aliphatic rings. The van der Waals surface area contributed by atoms with Crippen molar-refractivity contribution < 1.29 is 9.84 Å². The Bertz CT molecular complexity index is 1050. The average molecular weight is 386 g/mol. The largest absolute Gasteiger partial charge is 0.507 e. The van der Waals surface area contributed by atoms with Gasteiger partial charge < -0.3 is 14.4 Å². The topological polar surface area (TPSA) is 84.0 Å². The van der Waals surface area contributed by atoms with Gasteiger partial charge in [0.25, 0.3) is 0 Å². The lowest BCUT2D eigenvalue weighted by molar-refractivity contribution is 0.272. The number of rotatable bonds is 5. The minimum absolute atomic E-state index is 0.101. The molecule has 0 aliphatic carbocycles. The van der Waals surface area contributed by atoms with Gasteiger partial charge in [0.2, 0.25) is 0 Å². The number of allylic oxidation sites excluding steroid dienone is 1. The minimum atomic E-state index is -0.140. The van der Waals surface area contributed by atoms with E-state index in [-0.39, 0.29) is 17.9 Å². The first-order valence-electron chi connectivity index (χ1n) is 9.79. The van der Waals surface area contributed by atoms with E-state index in [0.29, 0.717) is 11.6 Å². The van der Waals surface area contributed by atoms with E-state index in [4.69, 9.17) is 4.74 Å². The summed E-state index contributed by atoms with van der Waals surface area (Å²) in [4.78, 5) is 0. The molecule has 1 aromatic heterocycles. The highest BCUT2D eigenvalue weighted by molar-refractivity contribution is 5.74. The summed E-state index contributed by atoms with van der Waals surface area (Å²) in [5.74, 6) is 1.77. The standard InChI is InChI=1S/C23H22N4O2/c24-15-20(23-26-25-22-9-5-2-6-14-27(22)23)21(28)16-29-19-12-10-18(11-13-19)17-7-3-1-4-8-17/h1,3-4,7-8,10-13,28H,2,5-6,9,14,16H2/b21-20-. The summed E-state index contributed by atoms with van der Waals surface area (Å²) in [6, 6.07) is 19.8. The summed E-state index contributed by atoms with van der Waals surface area (Å²) in [7, 11) is 0. The number of aliphatic hydroxyl groups excluding tert-OH is 1. The van der Waals surface area contributed by atoms with Crippen LogP contribution in [0.5, 0.6) is 5.75 Å². The molecule has 4 rings (SSSR count). The molecule has 6 heteroatoms. The fourth-order valence-electron chi connectivity index (χ4n) is 3.51. The van der Waals surface area contributed by atoms with Crippen molar-refractivity contribution in [2.75, 3.05) is 6.61 Å². The molecule has 0 unspecified atom stereocenters. The molecule has 2 heterocycles. The Morgan fingerprint density at radius 1 is 1.00 bits per heavy atom. The van der Waals surface area contributed by atoms with Crippen LogP contribution in [0, 0.1) is 11.3 Å². The second-order valence-electron chi connectivity index (χ2n) is 7.01. The summed E-state index contributed by atoms with van der Waals surface area (Å²) >= 11 is 0. The summed E-state index contributed by atoms with van der Waals surface area (Å²) < 4.78 is 7.63. The summed E-state index contributed by atoms with van der Waals surface area (Å²) in [5.41, 5.74) is 2.33. The SMILES string of the molecule is N#C/C(=C(/O)COc1ccc(-c2ccccc2)cc1)c1nnc2n1CCCCC2. The van der Waals surface area contributed by atoms with Gasteiger partial charge in [-0.05, 0) is 36.1 Å². The second kappa shape index (κ2) is 8.61. The molecule has 1 aliphatic heterocycles. The van der Waals surface area contributed by atoms with Gasteiger partial charge in [-0.15, -0.1) is 10.2 Å². The number of benzene rings is 2. The van der Waals surface area contributed by atoms with Gasteiger partial charge in [-0.25, -0.2) is 0 Å². The molecule has 3 aromatic rings. The van der Waals surface area contributed by atoms with Crippen molar-refractivity contribution in [3.8, 4) is 22.9 Å². The molecule has 0 saturated carbocycles. The van der Waals surface area contributed by atoms with E-state index >= 15 is 0 Å². The van der Waals surface area contributed by atoms with E-state index in [1.807, 2.05) is 59.2 Å². The van der Waals surface area contributed by atoms with Crippen molar-refractivity contribution in [1.82, 2.24) is 14.8 Å². The van der Waals surface area contributed by atoms with Crippen LogP contribution >= 0.6 is 0 Å². The minimum Gasteiger partial charge on any atom is -0.507 e. The second-order valence-corrected chi connectivity index (χ2v) is 7.01. The first kappa shape index (κ1) is 18.8. The predicted molar refractivity (Wildman–Crippen MR) is 110 cm³/mol. The van der Waals surface area contributed by atoms with E-state index < -0.39 is 0 Å². The third kappa shape index (κ3) is 4.14. The Morgan fingerprint density at radius 2 is 1.76 bits per heavy atom. The fourth-order valence-corrected chi connectivity index (χ4v) is 3.51. The van der Waals surface area contributed by atoms with Crippen LogP contribution in [0.4, 0.5) is 0 Å². The number of aryl methyl sites for hydroxylation is 1. The van der Waals surface area contributed by atoms with Crippen LogP contribution in [-0.2, 0) is 13.0 Å². The van der Waals surface area contributed by atoms with E-state index in [2.05, 4.69) is 16.3 Å². The van der Waals surface area contributed by atoms with Crippen LogP contribution in [0.15, 0.2) is 60.4 Å². The highest BCUT2D eigenvalue weighted by atomic mass is 16.5. The molecule has 0 bridgehead atoms. The molecule has 0 saturated heterocycles. The van der Waals surface area contributed by atoms with Gasteiger partial charge in [-0.1, -0.05) is 48.9 Å². The molecule has 0 amide bonds. The molecular formula is C23H22N4O2. The van der Waals surface area contributed by atoms with Crippen molar-refractivity contribution in [2.45, 2.75) is 32.2 Å². The Kier molecular flexibility index (Phi) is 5.57. The Morgan fingerprint density at radius 3 is 2.52 bits per heavy atom. The number of fused-ring (bicyclic) bond motifs is 1. The molecule has 29 heavy (non-hydrogen) atoms. The van der Waals surface area contributed by atoms with Crippen LogP contribution in [0.2, 0.25) is 0 Å². The molecular weight excluding hydrogens is 364 g/mol. The number of hydrogen-bond acceptors (Lipinski definition) is 5. The van der Waals surface area contributed by atoms with Crippen molar-refractivity contribution in [2.24, 2.45) is 0 Å². The quantitative estimate of drug-likeness (QED) is 0.514. The lowest BCUT2D eigenvalue weighted by Crippen LogP contribution is -2.09. The first-order chi connectivity index (χ1) is 14.3. The van der Waals surface area contributed by atoms with E-state index in [1.165, 1.54) is 0 Å². The van der Waals surface area contributed by atoms with E-state index in [9.17, 15) is 10.4 Å². The van der Waals surface area contributed by atoms with Crippen LogP contribution in [-0.4, -0.2) is 26.5 Å². The monoisotopic (exact) mass is 386 g/mol. The molecule has 0 spiro atoms. The fraction of sp³-hybridized carbons (Fsp3) is 0.261. The van der Waals surface area contributed by atoms with Crippen LogP contribution in [0.1, 0.15) is 30.9 Å². The van der Waals surface area contributed by atoms with Crippen LogP contribution < -0.4 is 4.74 Å². The van der Waals surface area contributed by atoms with Crippen molar-refractivity contribution >= 4 is 5.57 Å². The number of nitrogens with zero attached hydrogens (tertiary/aromatic N) is 4. The molecule has 2 aromatic carbocycles. The predicted octanol–water partition coefficient (Wildman–Crippen LogP) is 4.54. The maximum absolute atomic E-state index is 10.5. The van der Waals surface area contributed by atoms with Crippen LogP contribution in [0.3, 0.4) is 0 Å². The smallest absolute Gasteiger partial charge is 0.178 e. The molecule has 1 N–H and O–H groups in total. The van der Waals surface area contributed by atoms with Gasteiger partial charge in [0.15, 0.2) is 11.6 Å². The summed E-state index contributed by atoms with van der Waals surface area (Å²) in [6.07, 6.45) is 4.05. The molecule has 6 nitrogen and oxygen atoms in total. The first-order valence-corrected chi connectivity index (χ1v) is 9.79. The zero-order valence-electron chi connectivity index (χ0n) is 16.1. The highest BCUT2D eigenvalue weighted by Gasteiger charge is 2.20. The Balaban J connectivity index is 1.49. The number of aromatic nitrogens is 3.